The Hall–Kier alpha value is -2.59. The lowest BCUT2D eigenvalue weighted by Gasteiger charge is -2.07. The van der Waals surface area contributed by atoms with Gasteiger partial charge in [0, 0.05) is 11.3 Å². The lowest BCUT2D eigenvalue weighted by molar-refractivity contribution is -0.137. The molecule has 2 aromatic carbocycles. The topological polar surface area (TPSA) is 64.1 Å². The number of carbonyl (C=O) groups is 1. The third kappa shape index (κ3) is 5.23. The zero-order chi connectivity index (χ0) is 20.1. The van der Waals surface area contributed by atoms with Crippen LogP contribution in [0.15, 0.2) is 52.9 Å². The fourth-order valence-corrected chi connectivity index (χ4v) is 3.90. The van der Waals surface area contributed by atoms with E-state index in [4.69, 9.17) is 4.74 Å². The Balaban J connectivity index is 1.58. The molecule has 146 valence electrons. The van der Waals surface area contributed by atoms with E-state index in [2.05, 4.69) is 15.5 Å². The second-order valence-electron chi connectivity index (χ2n) is 5.54. The molecule has 0 radical (unpaired) electrons. The van der Waals surface area contributed by atoms with Crippen molar-refractivity contribution in [2.45, 2.75) is 16.3 Å². The summed E-state index contributed by atoms with van der Waals surface area (Å²) < 4.78 is 43.6. The van der Waals surface area contributed by atoms with Gasteiger partial charge in [-0.1, -0.05) is 35.2 Å². The Kier molecular flexibility index (Phi) is 6.20. The van der Waals surface area contributed by atoms with Gasteiger partial charge in [-0.2, -0.15) is 13.2 Å². The molecular weight excluding hydrogens is 411 g/mol. The second kappa shape index (κ2) is 8.61. The van der Waals surface area contributed by atoms with Crippen molar-refractivity contribution < 1.29 is 22.7 Å². The number of thioether (sulfide) groups is 1. The molecule has 0 bridgehead atoms. The number of aromatic nitrogens is 2. The molecule has 10 heteroatoms. The molecule has 0 atom stereocenters. The summed E-state index contributed by atoms with van der Waals surface area (Å²) in [5, 5.41) is 10.7. The van der Waals surface area contributed by atoms with Crippen LogP contribution in [0.25, 0.3) is 0 Å². The number of amides is 1. The summed E-state index contributed by atoms with van der Waals surface area (Å²) in [6.45, 7) is 0. The van der Waals surface area contributed by atoms with E-state index in [0.717, 1.165) is 35.6 Å². The van der Waals surface area contributed by atoms with Gasteiger partial charge in [0.15, 0.2) is 4.34 Å². The van der Waals surface area contributed by atoms with Crippen LogP contribution in [-0.4, -0.2) is 23.2 Å². The van der Waals surface area contributed by atoms with Crippen molar-refractivity contribution in [3.63, 3.8) is 0 Å². The van der Waals surface area contributed by atoms with E-state index in [1.807, 2.05) is 24.3 Å². The molecule has 0 unspecified atom stereocenters. The first-order valence-corrected chi connectivity index (χ1v) is 9.73. The molecule has 28 heavy (non-hydrogen) atoms. The van der Waals surface area contributed by atoms with Crippen LogP contribution in [0.4, 0.5) is 18.3 Å². The zero-order valence-electron chi connectivity index (χ0n) is 14.5. The van der Waals surface area contributed by atoms with Crippen LogP contribution in [0.3, 0.4) is 0 Å². The second-order valence-corrected chi connectivity index (χ2v) is 7.74. The number of ether oxygens (including phenoxy) is 1. The molecule has 1 amide bonds. The number of anilines is 1. The predicted molar refractivity (Wildman–Crippen MR) is 102 cm³/mol. The highest BCUT2D eigenvalue weighted by atomic mass is 32.2. The van der Waals surface area contributed by atoms with Gasteiger partial charge in [-0.25, -0.2) is 0 Å². The molecule has 0 aliphatic carbocycles. The van der Waals surface area contributed by atoms with Crippen LogP contribution in [0.2, 0.25) is 0 Å². The van der Waals surface area contributed by atoms with Crippen molar-refractivity contribution >= 4 is 34.1 Å². The average molecular weight is 425 g/mol. The number of methoxy groups -OCH3 is 1. The first kappa shape index (κ1) is 20.2. The first-order chi connectivity index (χ1) is 13.3. The number of rotatable bonds is 6. The number of benzene rings is 2. The molecule has 0 aliphatic rings. The van der Waals surface area contributed by atoms with E-state index in [0.29, 0.717) is 10.1 Å². The lowest BCUT2D eigenvalue weighted by Crippen LogP contribution is -2.12. The summed E-state index contributed by atoms with van der Waals surface area (Å²) in [7, 11) is 1.60. The number of alkyl halides is 3. The van der Waals surface area contributed by atoms with Gasteiger partial charge in [0.05, 0.1) is 12.7 Å². The Bertz CT molecular complexity index is 959. The van der Waals surface area contributed by atoms with Crippen molar-refractivity contribution in [2.24, 2.45) is 0 Å². The third-order valence-electron chi connectivity index (χ3n) is 3.60. The minimum atomic E-state index is -4.44. The Morgan fingerprint density at radius 2 is 1.93 bits per heavy atom. The van der Waals surface area contributed by atoms with E-state index in [-0.39, 0.29) is 10.7 Å². The average Bonchev–Trinajstić information content (AvgIpc) is 3.13. The molecule has 0 saturated heterocycles. The third-order valence-corrected chi connectivity index (χ3v) is 5.64. The molecule has 1 N–H and O–H groups in total. The molecular formula is C18H14F3N3O2S2. The number of carbonyl (C=O) groups excluding carboxylic acids is 1. The van der Waals surface area contributed by atoms with Gasteiger partial charge < -0.3 is 4.74 Å². The summed E-state index contributed by atoms with van der Waals surface area (Å²) in [5.74, 6) is 0.868. The maximum atomic E-state index is 12.6. The first-order valence-electron chi connectivity index (χ1n) is 7.93. The summed E-state index contributed by atoms with van der Waals surface area (Å²) >= 11 is 2.64. The Labute approximate surface area is 166 Å². The highest BCUT2D eigenvalue weighted by molar-refractivity contribution is 8.00. The lowest BCUT2D eigenvalue weighted by atomic mass is 10.1. The standard InChI is InChI=1S/C18H14F3N3O2S2/c1-26-14-4-2-3-11(9-14)10-27-17-24-23-16(28-17)22-15(25)12-5-7-13(8-6-12)18(19,20)21/h2-9H,10H2,1H3,(H,22,23,25). The zero-order valence-corrected chi connectivity index (χ0v) is 16.1. The predicted octanol–water partition coefficient (Wildman–Crippen LogP) is 5.11. The summed E-state index contributed by atoms with van der Waals surface area (Å²) in [6.07, 6.45) is -4.44. The summed E-state index contributed by atoms with van der Waals surface area (Å²) in [6, 6.07) is 11.6. The smallest absolute Gasteiger partial charge is 0.416 e. The molecule has 1 aromatic heterocycles. The molecule has 0 spiro atoms. The molecule has 3 rings (SSSR count). The van der Waals surface area contributed by atoms with Crippen molar-refractivity contribution in [3.8, 4) is 5.75 Å². The fraction of sp³-hybridized carbons (Fsp3) is 0.167. The Morgan fingerprint density at radius 3 is 2.61 bits per heavy atom. The minimum absolute atomic E-state index is 0.105. The van der Waals surface area contributed by atoms with Crippen molar-refractivity contribution in [1.29, 1.82) is 0 Å². The van der Waals surface area contributed by atoms with Crippen molar-refractivity contribution in [1.82, 2.24) is 10.2 Å². The maximum absolute atomic E-state index is 12.6. The van der Waals surface area contributed by atoms with Gasteiger partial charge in [0.1, 0.15) is 5.75 Å². The monoisotopic (exact) mass is 425 g/mol. The van der Waals surface area contributed by atoms with Gasteiger partial charge in [0.2, 0.25) is 5.13 Å². The van der Waals surface area contributed by atoms with Gasteiger partial charge in [-0.15, -0.1) is 10.2 Å². The number of hydrogen-bond donors (Lipinski definition) is 1. The Morgan fingerprint density at radius 1 is 1.18 bits per heavy atom. The van der Waals surface area contributed by atoms with E-state index in [9.17, 15) is 18.0 Å². The summed E-state index contributed by atoms with van der Waals surface area (Å²) in [4.78, 5) is 12.2. The van der Waals surface area contributed by atoms with Gasteiger partial charge in [-0.3, -0.25) is 10.1 Å². The minimum Gasteiger partial charge on any atom is -0.497 e. The molecule has 3 aromatic rings. The normalized spacial score (nSPS) is 11.3. The molecule has 0 saturated carbocycles. The molecule has 1 heterocycles. The van der Waals surface area contributed by atoms with Crippen molar-refractivity contribution in [2.75, 3.05) is 12.4 Å². The van der Waals surface area contributed by atoms with Gasteiger partial charge >= 0.3 is 6.18 Å². The number of halogens is 3. The molecule has 0 aliphatic heterocycles. The quantitative estimate of drug-likeness (QED) is 0.439. The maximum Gasteiger partial charge on any atom is 0.416 e. The van der Waals surface area contributed by atoms with E-state index in [1.54, 1.807) is 7.11 Å². The van der Waals surface area contributed by atoms with Crippen LogP contribution in [-0.2, 0) is 11.9 Å². The van der Waals surface area contributed by atoms with E-state index in [1.165, 1.54) is 23.1 Å². The fourth-order valence-electron chi connectivity index (χ4n) is 2.21. The van der Waals surface area contributed by atoms with Crippen molar-refractivity contribution in [3.05, 3.63) is 65.2 Å². The van der Waals surface area contributed by atoms with Crippen LogP contribution in [0, 0.1) is 0 Å². The van der Waals surface area contributed by atoms with Crippen LogP contribution < -0.4 is 10.1 Å². The van der Waals surface area contributed by atoms with Gasteiger partial charge in [-0.05, 0) is 42.0 Å². The number of nitrogens with one attached hydrogen (secondary N) is 1. The van der Waals surface area contributed by atoms with Gasteiger partial charge in [0.25, 0.3) is 5.91 Å². The largest absolute Gasteiger partial charge is 0.497 e. The number of hydrogen-bond acceptors (Lipinski definition) is 6. The van der Waals surface area contributed by atoms with E-state index >= 15 is 0 Å². The molecule has 5 nitrogen and oxygen atoms in total. The highest BCUT2D eigenvalue weighted by Crippen LogP contribution is 2.30. The highest BCUT2D eigenvalue weighted by Gasteiger charge is 2.30. The number of nitrogens with zero attached hydrogens (tertiary/aromatic N) is 2. The SMILES string of the molecule is COc1cccc(CSc2nnc(NC(=O)c3ccc(C(F)(F)F)cc3)s2)c1. The van der Waals surface area contributed by atoms with Crippen LogP contribution in [0.1, 0.15) is 21.5 Å². The van der Waals surface area contributed by atoms with E-state index < -0.39 is 17.6 Å². The van der Waals surface area contributed by atoms with Crippen LogP contribution in [0.5, 0.6) is 5.75 Å². The summed E-state index contributed by atoms with van der Waals surface area (Å²) in [5.41, 5.74) is 0.347. The van der Waals surface area contributed by atoms with Crippen LogP contribution >= 0.6 is 23.1 Å². The molecule has 0 fully saturated rings.